The number of hydrogen-bond acceptors (Lipinski definition) is 3. The molecule has 104 valence electrons. The Morgan fingerprint density at radius 1 is 1.28 bits per heavy atom. The number of ether oxygens (including phenoxy) is 1. The minimum absolute atomic E-state index is 0.244. The number of hydrogen-bond donors (Lipinski definition) is 1. The Labute approximate surface area is 111 Å². The van der Waals surface area contributed by atoms with Gasteiger partial charge in [-0.3, -0.25) is 4.90 Å². The van der Waals surface area contributed by atoms with Gasteiger partial charge in [-0.15, -0.1) is 0 Å². The Morgan fingerprint density at radius 3 is 2.78 bits per heavy atom. The summed E-state index contributed by atoms with van der Waals surface area (Å²) in [5, 5.41) is 0. The summed E-state index contributed by atoms with van der Waals surface area (Å²) in [5.41, 5.74) is 6.24. The van der Waals surface area contributed by atoms with E-state index in [-0.39, 0.29) is 5.60 Å². The van der Waals surface area contributed by atoms with Crippen LogP contribution in [0.4, 0.5) is 0 Å². The largest absolute Gasteiger partial charge is 0.375 e. The van der Waals surface area contributed by atoms with Crippen LogP contribution in [0.25, 0.3) is 0 Å². The molecule has 3 heteroatoms. The molecule has 0 aromatic carbocycles. The molecule has 0 aromatic rings. The van der Waals surface area contributed by atoms with Crippen LogP contribution in [0.15, 0.2) is 0 Å². The van der Waals surface area contributed by atoms with E-state index in [4.69, 9.17) is 10.5 Å². The maximum absolute atomic E-state index is 6.15. The first-order chi connectivity index (χ1) is 8.74. The normalized spacial score (nSPS) is 40.7. The van der Waals surface area contributed by atoms with Gasteiger partial charge in [-0.1, -0.05) is 19.8 Å². The molecule has 1 aliphatic carbocycles. The number of nitrogens with zero attached hydrogens (tertiary/aromatic N) is 1. The highest BCUT2D eigenvalue weighted by Crippen LogP contribution is 2.42. The van der Waals surface area contributed by atoms with Crippen LogP contribution in [0, 0.1) is 5.92 Å². The van der Waals surface area contributed by atoms with Gasteiger partial charge in [-0.05, 0) is 44.6 Å². The van der Waals surface area contributed by atoms with E-state index >= 15 is 0 Å². The summed E-state index contributed by atoms with van der Waals surface area (Å²) in [6.45, 7) is 5.41. The van der Waals surface area contributed by atoms with E-state index in [1.54, 1.807) is 0 Å². The lowest BCUT2D eigenvalue weighted by Gasteiger charge is -2.44. The summed E-state index contributed by atoms with van der Waals surface area (Å²) in [6, 6.07) is 1.35. The predicted octanol–water partition coefficient (Wildman–Crippen LogP) is 2.15. The van der Waals surface area contributed by atoms with Gasteiger partial charge < -0.3 is 10.5 Å². The van der Waals surface area contributed by atoms with Gasteiger partial charge in [-0.25, -0.2) is 0 Å². The van der Waals surface area contributed by atoms with Crippen molar-refractivity contribution in [2.75, 3.05) is 19.7 Å². The lowest BCUT2D eigenvalue weighted by atomic mass is 9.87. The second-order valence-electron chi connectivity index (χ2n) is 6.69. The Kier molecular flexibility index (Phi) is 3.65. The van der Waals surface area contributed by atoms with Gasteiger partial charge in [0.15, 0.2) is 0 Å². The van der Waals surface area contributed by atoms with Crippen molar-refractivity contribution in [3.05, 3.63) is 0 Å². The van der Waals surface area contributed by atoms with E-state index in [0.717, 1.165) is 25.1 Å². The van der Waals surface area contributed by atoms with E-state index in [0.29, 0.717) is 6.04 Å². The lowest BCUT2D eigenvalue weighted by Crippen LogP contribution is -2.51. The second kappa shape index (κ2) is 5.10. The third-order valence-corrected chi connectivity index (χ3v) is 5.62. The van der Waals surface area contributed by atoms with Gasteiger partial charge in [0.2, 0.25) is 0 Å². The van der Waals surface area contributed by atoms with Crippen LogP contribution in [-0.4, -0.2) is 42.3 Å². The fourth-order valence-electron chi connectivity index (χ4n) is 4.51. The Bertz CT molecular complexity index is 288. The van der Waals surface area contributed by atoms with Crippen molar-refractivity contribution < 1.29 is 4.74 Å². The van der Waals surface area contributed by atoms with Crippen LogP contribution in [0.2, 0.25) is 0 Å². The maximum atomic E-state index is 6.15. The highest BCUT2D eigenvalue weighted by atomic mass is 16.5. The monoisotopic (exact) mass is 252 g/mol. The number of rotatable bonds is 2. The van der Waals surface area contributed by atoms with Crippen LogP contribution in [0.1, 0.15) is 51.9 Å². The summed E-state index contributed by atoms with van der Waals surface area (Å²) < 4.78 is 6.15. The van der Waals surface area contributed by atoms with Crippen molar-refractivity contribution in [3.8, 4) is 0 Å². The van der Waals surface area contributed by atoms with Crippen LogP contribution in [0.5, 0.6) is 0 Å². The molecule has 2 N–H and O–H groups in total. The summed E-state index contributed by atoms with van der Waals surface area (Å²) >= 11 is 0. The highest BCUT2D eigenvalue weighted by molar-refractivity contribution is 4.98. The minimum atomic E-state index is 0.244. The molecular weight excluding hydrogens is 224 g/mol. The summed E-state index contributed by atoms with van der Waals surface area (Å²) in [4.78, 5) is 2.72. The zero-order valence-corrected chi connectivity index (χ0v) is 11.7. The average molecular weight is 252 g/mol. The third-order valence-electron chi connectivity index (χ3n) is 5.62. The third kappa shape index (κ3) is 2.21. The smallest absolute Gasteiger partial charge is 0.0697 e. The Morgan fingerprint density at radius 2 is 2.06 bits per heavy atom. The molecule has 3 fully saturated rings. The molecule has 3 aliphatic rings. The fraction of sp³-hybridized carbons (Fsp3) is 1.00. The van der Waals surface area contributed by atoms with E-state index in [9.17, 15) is 0 Å². The molecule has 3 unspecified atom stereocenters. The molecule has 3 nitrogen and oxygen atoms in total. The molecular formula is C15H28N2O. The first-order valence-corrected chi connectivity index (χ1v) is 7.84. The quantitative estimate of drug-likeness (QED) is 0.818. The molecule has 2 aliphatic heterocycles. The Hall–Kier alpha value is -0.120. The molecule has 0 radical (unpaired) electrons. The molecule has 1 spiro atoms. The number of nitrogens with two attached hydrogens (primary N) is 1. The standard InChI is InChI=1S/C15H28N2O/c1-12-4-8-17(14(12)11-16)13-5-9-18-15(10-13)6-2-3-7-15/h12-14H,2-11,16H2,1H3. The molecule has 1 saturated carbocycles. The first kappa shape index (κ1) is 12.9. The number of likely N-dealkylation sites (tertiary alicyclic amines) is 1. The second-order valence-corrected chi connectivity index (χ2v) is 6.69. The summed E-state index contributed by atoms with van der Waals surface area (Å²) in [7, 11) is 0. The van der Waals surface area contributed by atoms with Crippen molar-refractivity contribution in [1.82, 2.24) is 4.90 Å². The zero-order valence-electron chi connectivity index (χ0n) is 11.7. The molecule has 0 amide bonds. The predicted molar refractivity (Wildman–Crippen MR) is 73.5 cm³/mol. The zero-order chi connectivity index (χ0) is 12.6. The van der Waals surface area contributed by atoms with Crippen LogP contribution < -0.4 is 5.73 Å². The summed E-state index contributed by atoms with van der Waals surface area (Å²) in [6.07, 6.45) is 9.11. The first-order valence-electron chi connectivity index (χ1n) is 7.84. The minimum Gasteiger partial charge on any atom is -0.375 e. The molecule has 2 saturated heterocycles. The Balaban J connectivity index is 1.68. The molecule has 0 aromatic heterocycles. The van der Waals surface area contributed by atoms with Gasteiger partial charge in [-0.2, -0.15) is 0 Å². The van der Waals surface area contributed by atoms with Crippen molar-refractivity contribution in [1.29, 1.82) is 0 Å². The van der Waals surface area contributed by atoms with Crippen molar-refractivity contribution in [2.24, 2.45) is 11.7 Å². The van der Waals surface area contributed by atoms with Crippen LogP contribution in [-0.2, 0) is 4.74 Å². The fourth-order valence-corrected chi connectivity index (χ4v) is 4.51. The van der Waals surface area contributed by atoms with E-state index in [1.807, 2.05) is 0 Å². The van der Waals surface area contributed by atoms with E-state index in [1.165, 1.54) is 51.5 Å². The van der Waals surface area contributed by atoms with Crippen molar-refractivity contribution in [2.45, 2.75) is 69.6 Å². The van der Waals surface area contributed by atoms with Gasteiger partial charge >= 0.3 is 0 Å². The van der Waals surface area contributed by atoms with Gasteiger partial charge in [0.1, 0.15) is 0 Å². The summed E-state index contributed by atoms with van der Waals surface area (Å²) in [5.74, 6) is 0.775. The lowest BCUT2D eigenvalue weighted by molar-refractivity contribution is -0.103. The van der Waals surface area contributed by atoms with Crippen LogP contribution in [0.3, 0.4) is 0 Å². The molecule has 0 bridgehead atoms. The van der Waals surface area contributed by atoms with Crippen molar-refractivity contribution in [3.63, 3.8) is 0 Å². The van der Waals surface area contributed by atoms with E-state index in [2.05, 4.69) is 11.8 Å². The SMILES string of the molecule is CC1CCN(C2CCOC3(CCCC3)C2)C1CN. The highest BCUT2D eigenvalue weighted by Gasteiger charge is 2.44. The van der Waals surface area contributed by atoms with Gasteiger partial charge in [0, 0.05) is 25.2 Å². The molecule has 18 heavy (non-hydrogen) atoms. The molecule has 2 heterocycles. The molecule has 3 rings (SSSR count). The molecule has 3 atom stereocenters. The van der Waals surface area contributed by atoms with Gasteiger partial charge in [0.25, 0.3) is 0 Å². The van der Waals surface area contributed by atoms with Crippen LogP contribution >= 0.6 is 0 Å². The van der Waals surface area contributed by atoms with Crippen molar-refractivity contribution >= 4 is 0 Å². The van der Waals surface area contributed by atoms with Gasteiger partial charge in [0.05, 0.1) is 5.60 Å². The maximum Gasteiger partial charge on any atom is 0.0697 e. The van der Waals surface area contributed by atoms with E-state index < -0.39 is 0 Å². The topological polar surface area (TPSA) is 38.5 Å². The average Bonchev–Trinajstić information content (AvgIpc) is 2.96.